The Morgan fingerprint density at radius 1 is 1.07 bits per heavy atom. The lowest BCUT2D eigenvalue weighted by Gasteiger charge is -2.31. The topological polar surface area (TPSA) is 56.3 Å². The van der Waals surface area contributed by atoms with Crippen molar-refractivity contribution in [1.29, 1.82) is 5.26 Å². The van der Waals surface area contributed by atoms with Gasteiger partial charge in [0.25, 0.3) is 0 Å². The van der Waals surface area contributed by atoms with Crippen molar-refractivity contribution in [2.24, 2.45) is 17.7 Å². The Morgan fingerprint density at radius 2 is 1.71 bits per heavy atom. The van der Waals surface area contributed by atoms with Crippen molar-refractivity contribution >= 4 is 0 Å². The molecule has 4 heteroatoms. The van der Waals surface area contributed by atoms with E-state index in [0.29, 0.717) is 0 Å². The molecular formula is C10H18N4. The Balaban J connectivity index is 1.83. The van der Waals surface area contributed by atoms with Crippen molar-refractivity contribution < 1.29 is 0 Å². The third-order valence-electron chi connectivity index (χ3n) is 3.61. The van der Waals surface area contributed by atoms with Gasteiger partial charge in [-0.2, -0.15) is 5.26 Å². The minimum atomic E-state index is 0.739. The summed E-state index contributed by atoms with van der Waals surface area (Å²) in [5, 5.41) is 10.7. The predicted molar refractivity (Wildman–Crippen MR) is 53.8 cm³/mol. The van der Waals surface area contributed by atoms with E-state index in [4.69, 9.17) is 11.1 Å². The fraction of sp³-hybridized carbons (Fsp3) is 0.900. The van der Waals surface area contributed by atoms with Crippen LogP contribution in [0.15, 0.2) is 0 Å². The number of nitriles is 1. The molecule has 2 saturated heterocycles. The van der Waals surface area contributed by atoms with Crippen molar-refractivity contribution in [2.75, 3.05) is 26.2 Å². The average molecular weight is 194 g/mol. The van der Waals surface area contributed by atoms with E-state index in [1.54, 1.807) is 0 Å². The molecular weight excluding hydrogens is 176 g/mol. The lowest BCUT2D eigenvalue weighted by Crippen LogP contribution is -2.40. The van der Waals surface area contributed by atoms with Gasteiger partial charge < -0.3 is 4.90 Å². The number of rotatable bonds is 1. The highest BCUT2D eigenvalue weighted by Crippen LogP contribution is 2.30. The molecule has 14 heavy (non-hydrogen) atoms. The van der Waals surface area contributed by atoms with Gasteiger partial charge in [0.15, 0.2) is 6.19 Å². The first kappa shape index (κ1) is 9.75. The first-order chi connectivity index (χ1) is 6.79. The minimum Gasteiger partial charge on any atom is -0.310 e. The third-order valence-corrected chi connectivity index (χ3v) is 3.61. The van der Waals surface area contributed by atoms with Gasteiger partial charge in [-0.15, -0.1) is 0 Å². The summed E-state index contributed by atoms with van der Waals surface area (Å²) in [6.45, 7) is 3.98. The standard InChI is InChI=1S/C10H18N4/c11-8-13-4-1-10(7-13)9-2-5-14(12)6-3-9/h9-10H,1-7,12H2. The highest BCUT2D eigenvalue weighted by atomic mass is 15.4. The van der Waals surface area contributed by atoms with Crippen LogP contribution in [0.3, 0.4) is 0 Å². The van der Waals surface area contributed by atoms with Crippen LogP contribution in [-0.2, 0) is 0 Å². The van der Waals surface area contributed by atoms with Crippen molar-refractivity contribution in [1.82, 2.24) is 9.91 Å². The summed E-state index contributed by atoms with van der Waals surface area (Å²) < 4.78 is 0. The maximum Gasteiger partial charge on any atom is 0.179 e. The zero-order chi connectivity index (χ0) is 9.97. The molecule has 1 atom stereocenters. The van der Waals surface area contributed by atoms with Crippen LogP contribution in [0.5, 0.6) is 0 Å². The number of nitrogens with zero attached hydrogens (tertiary/aromatic N) is 3. The summed E-state index contributed by atoms with van der Waals surface area (Å²) in [6, 6.07) is 0. The Kier molecular flexibility index (Phi) is 2.90. The quantitative estimate of drug-likeness (QED) is 0.484. The normalized spacial score (nSPS) is 30.6. The van der Waals surface area contributed by atoms with E-state index < -0.39 is 0 Å². The first-order valence-corrected chi connectivity index (χ1v) is 5.44. The zero-order valence-electron chi connectivity index (χ0n) is 8.52. The monoisotopic (exact) mass is 194 g/mol. The van der Waals surface area contributed by atoms with Crippen LogP contribution in [0.1, 0.15) is 19.3 Å². The molecule has 0 aromatic heterocycles. The van der Waals surface area contributed by atoms with Crippen LogP contribution in [0.4, 0.5) is 0 Å². The van der Waals surface area contributed by atoms with Crippen LogP contribution in [0.25, 0.3) is 0 Å². The van der Waals surface area contributed by atoms with Crippen molar-refractivity contribution in [3.63, 3.8) is 0 Å². The summed E-state index contributed by atoms with van der Waals surface area (Å²) in [7, 11) is 0. The molecule has 0 bridgehead atoms. The van der Waals surface area contributed by atoms with E-state index in [1.807, 2.05) is 9.91 Å². The molecule has 0 radical (unpaired) electrons. The van der Waals surface area contributed by atoms with E-state index in [-0.39, 0.29) is 0 Å². The van der Waals surface area contributed by atoms with Crippen LogP contribution in [0, 0.1) is 23.3 Å². The number of hydrogen-bond acceptors (Lipinski definition) is 4. The van der Waals surface area contributed by atoms with E-state index in [1.165, 1.54) is 19.3 Å². The molecule has 2 heterocycles. The second kappa shape index (κ2) is 4.16. The summed E-state index contributed by atoms with van der Waals surface area (Å²) in [4.78, 5) is 1.89. The summed E-state index contributed by atoms with van der Waals surface area (Å²) in [5.74, 6) is 7.26. The van der Waals surface area contributed by atoms with Gasteiger partial charge in [-0.05, 0) is 31.1 Å². The number of nitrogens with two attached hydrogens (primary N) is 1. The molecule has 2 N–H and O–H groups in total. The van der Waals surface area contributed by atoms with Crippen molar-refractivity contribution in [2.45, 2.75) is 19.3 Å². The van der Waals surface area contributed by atoms with E-state index >= 15 is 0 Å². The molecule has 0 aromatic rings. The van der Waals surface area contributed by atoms with Gasteiger partial charge in [0.2, 0.25) is 0 Å². The number of piperidine rings is 1. The molecule has 0 saturated carbocycles. The number of hydrazine groups is 1. The molecule has 0 aromatic carbocycles. The molecule has 2 rings (SSSR count). The van der Waals surface area contributed by atoms with Gasteiger partial charge in [0, 0.05) is 26.2 Å². The van der Waals surface area contributed by atoms with Gasteiger partial charge >= 0.3 is 0 Å². The summed E-state index contributed by atoms with van der Waals surface area (Å²) >= 11 is 0. The SMILES string of the molecule is N#CN1CCC(C2CCN(N)CC2)C1. The van der Waals surface area contributed by atoms with Crippen LogP contribution >= 0.6 is 0 Å². The van der Waals surface area contributed by atoms with Crippen LogP contribution < -0.4 is 5.84 Å². The Bertz CT molecular complexity index is 227. The summed E-state index contributed by atoms with van der Waals surface area (Å²) in [5.41, 5.74) is 0. The molecule has 4 nitrogen and oxygen atoms in total. The smallest absolute Gasteiger partial charge is 0.179 e. The van der Waals surface area contributed by atoms with Gasteiger partial charge in [0.05, 0.1) is 0 Å². The number of likely N-dealkylation sites (tertiary alicyclic amines) is 1. The van der Waals surface area contributed by atoms with Gasteiger partial charge in [-0.3, -0.25) is 5.84 Å². The molecule has 1 unspecified atom stereocenters. The molecule has 78 valence electrons. The fourth-order valence-corrected chi connectivity index (χ4v) is 2.65. The van der Waals surface area contributed by atoms with Gasteiger partial charge in [0.1, 0.15) is 0 Å². The number of hydrogen-bond donors (Lipinski definition) is 1. The zero-order valence-corrected chi connectivity index (χ0v) is 8.52. The lowest BCUT2D eigenvalue weighted by molar-refractivity contribution is 0.151. The second-order valence-electron chi connectivity index (χ2n) is 4.47. The van der Waals surface area contributed by atoms with Crippen LogP contribution in [0.2, 0.25) is 0 Å². The largest absolute Gasteiger partial charge is 0.310 e. The molecule has 0 amide bonds. The molecule has 0 aliphatic carbocycles. The van der Waals surface area contributed by atoms with Crippen LogP contribution in [-0.4, -0.2) is 36.1 Å². The predicted octanol–water partition coefficient (Wildman–Crippen LogP) is 0.375. The maximum atomic E-state index is 8.77. The molecule has 2 fully saturated rings. The lowest BCUT2D eigenvalue weighted by atomic mass is 9.84. The van der Waals surface area contributed by atoms with Crippen molar-refractivity contribution in [3.05, 3.63) is 0 Å². The Morgan fingerprint density at radius 3 is 2.29 bits per heavy atom. The Hall–Kier alpha value is -0.790. The van der Waals surface area contributed by atoms with Gasteiger partial charge in [-0.1, -0.05) is 0 Å². The minimum absolute atomic E-state index is 0.739. The van der Waals surface area contributed by atoms with E-state index in [2.05, 4.69) is 6.19 Å². The Labute approximate surface area is 85.2 Å². The highest BCUT2D eigenvalue weighted by molar-refractivity contribution is 4.88. The van der Waals surface area contributed by atoms with E-state index in [9.17, 15) is 0 Å². The van der Waals surface area contributed by atoms with Crippen molar-refractivity contribution in [3.8, 4) is 6.19 Å². The maximum absolute atomic E-state index is 8.77. The average Bonchev–Trinajstić information content (AvgIpc) is 2.67. The van der Waals surface area contributed by atoms with Gasteiger partial charge in [-0.25, -0.2) is 5.01 Å². The molecule has 0 spiro atoms. The summed E-state index contributed by atoms with van der Waals surface area (Å²) in [6.07, 6.45) is 5.85. The first-order valence-electron chi connectivity index (χ1n) is 5.44. The second-order valence-corrected chi connectivity index (χ2v) is 4.47. The third kappa shape index (κ3) is 1.99. The highest BCUT2D eigenvalue weighted by Gasteiger charge is 2.30. The molecule has 2 aliphatic heterocycles. The van der Waals surface area contributed by atoms with E-state index in [0.717, 1.165) is 38.0 Å². The molecule has 2 aliphatic rings. The fourth-order valence-electron chi connectivity index (χ4n) is 2.65.